The molecule has 1 heterocycles. The number of aromatic nitrogens is 2. The zero-order valence-electron chi connectivity index (χ0n) is 11.6. The Kier molecular flexibility index (Phi) is 3.10. The number of aromatic amines is 1. The van der Waals surface area contributed by atoms with Gasteiger partial charge in [-0.25, -0.2) is 9.36 Å². The van der Waals surface area contributed by atoms with Crippen LogP contribution in [0.1, 0.15) is 15.9 Å². The molecule has 3 N–H and O–H groups in total. The Bertz CT molecular complexity index is 876. The minimum atomic E-state index is -0.434. The third kappa shape index (κ3) is 2.33. The van der Waals surface area contributed by atoms with E-state index in [-0.39, 0.29) is 12.3 Å². The van der Waals surface area contributed by atoms with E-state index in [9.17, 15) is 9.59 Å². The van der Waals surface area contributed by atoms with E-state index in [4.69, 9.17) is 5.73 Å². The Morgan fingerprint density at radius 3 is 2.67 bits per heavy atom. The Labute approximate surface area is 121 Å². The van der Waals surface area contributed by atoms with Gasteiger partial charge in [-0.1, -0.05) is 30.3 Å². The lowest BCUT2D eigenvalue weighted by Gasteiger charge is -2.04. The van der Waals surface area contributed by atoms with E-state index in [0.717, 1.165) is 11.1 Å². The molecule has 106 valence electrons. The molecule has 0 amide bonds. The third-order valence-corrected chi connectivity index (χ3v) is 3.52. The molecule has 5 nitrogen and oxygen atoms in total. The summed E-state index contributed by atoms with van der Waals surface area (Å²) < 4.78 is 1.18. The first-order chi connectivity index (χ1) is 10.1. The van der Waals surface area contributed by atoms with Gasteiger partial charge in [0.1, 0.15) is 0 Å². The summed E-state index contributed by atoms with van der Waals surface area (Å²) >= 11 is 0. The minimum Gasteiger partial charge on any atom is -0.398 e. The van der Waals surface area contributed by atoms with Gasteiger partial charge in [-0.2, -0.15) is 0 Å². The molecule has 3 aromatic rings. The molecule has 5 heteroatoms. The predicted molar refractivity (Wildman–Crippen MR) is 82.5 cm³/mol. The second-order valence-electron chi connectivity index (χ2n) is 5.05. The minimum absolute atomic E-state index is 0.178. The summed E-state index contributed by atoms with van der Waals surface area (Å²) in [4.78, 5) is 27.1. The molecule has 21 heavy (non-hydrogen) atoms. The summed E-state index contributed by atoms with van der Waals surface area (Å²) in [7, 11) is 0. The lowest BCUT2D eigenvalue weighted by molar-refractivity contribution is 0.0915. The lowest BCUT2D eigenvalue weighted by atomic mass is 10.1. The number of hydrogen-bond acceptors (Lipinski definition) is 3. The van der Waals surface area contributed by atoms with Crippen LogP contribution in [0.4, 0.5) is 5.69 Å². The van der Waals surface area contributed by atoms with Gasteiger partial charge in [0.2, 0.25) is 5.91 Å². The second-order valence-corrected chi connectivity index (χ2v) is 5.05. The number of rotatable bonds is 2. The number of fused-ring (bicyclic) bond motifs is 1. The average Bonchev–Trinajstić information content (AvgIpc) is 2.75. The number of benzene rings is 2. The maximum atomic E-state index is 12.4. The normalized spacial score (nSPS) is 10.9. The molecule has 0 saturated carbocycles. The number of nitrogens with one attached hydrogen (secondary N) is 1. The standard InChI is InChI=1S/C16H15N3O2/c1-10-7-14-13(9-12(10)17)18-16(21)19(14)15(20)8-11-5-3-2-4-6-11/h2-7,9H,8,17H2,1H3,(H,18,21). The summed E-state index contributed by atoms with van der Waals surface area (Å²) in [5.74, 6) is -0.262. The summed E-state index contributed by atoms with van der Waals surface area (Å²) in [6.07, 6.45) is 0.178. The molecule has 0 atom stereocenters. The Morgan fingerprint density at radius 2 is 1.95 bits per heavy atom. The van der Waals surface area contributed by atoms with E-state index in [2.05, 4.69) is 4.98 Å². The van der Waals surface area contributed by atoms with Gasteiger partial charge in [0.25, 0.3) is 0 Å². The average molecular weight is 281 g/mol. The molecule has 0 unspecified atom stereocenters. The van der Waals surface area contributed by atoms with E-state index >= 15 is 0 Å². The molecule has 0 aliphatic carbocycles. The topological polar surface area (TPSA) is 80.9 Å². The van der Waals surface area contributed by atoms with Gasteiger partial charge in [0.15, 0.2) is 0 Å². The van der Waals surface area contributed by atoms with Crippen molar-refractivity contribution in [3.05, 3.63) is 64.1 Å². The first-order valence-electron chi connectivity index (χ1n) is 6.64. The first kappa shape index (κ1) is 13.2. The number of nitrogens with two attached hydrogens (primary N) is 1. The van der Waals surface area contributed by atoms with Crippen molar-refractivity contribution >= 4 is 22.6 Å². The molecule has 0 aliphatic heterocycles. The fourth-order valence-corrected chi connectivity index (χ4v) is 2.37. The van der Waals surface area contributed by atoms with E-state index in [0.29, 0.717) is 16.7 Å². The van der Waals surface area contributed by atoms with Crippen molar-refractivity contribution in [2.24, 2.45) is 0 Å². The quantitative estimate of drug-likeness (QED) is 0.706. The molecule has 0 saturated heterocycles. The van der Waals surface area contributed by atoms with Crippen LogP contribution in [0.15, 0.2) is 47.3 Å². The van der Waals surface area contributed by atoms with E-state index in [1.807, 2.05) is 37.3 Å². The maximum Gasteiger partial charge on any atom is 0.333 e. The van der Waals surface area contributed by atoms with Crippen molar-refractivity contribution in [3.8, 4) is 0 Å². The van der Waals surface area contributed by atoms with E-state index in [1.165, 1.54) is 4.57 Å². The molecule has 0 aliphatic rings. The fourth-order valence-electron chi connectivity index (χ4n) is 2.37. The zero-order chi connectivity index (χ0) is 15.0. The molecule has 0 radical (unpaired) electrons. The molecule has 0 fully saturated rings. The monoisotopic (exact) mass is 281 g/mol. The molecule has 0 bridgehead atoms. The number of anilines is 1. The number of carbonyl (C=O) groups is 1. The first-order valence-corrected chi connectivity index (χ1v) is 6.64. The van der Waals surface area contributed by atoms with Crippen LogP contribution in [0.5, 0.6) is 0 Å². The number of hydrogen-bond donors (Lipinski definition) is 2. The number of imidazole rings is 1. The Balaban J connectivity index is 2.08. The van der Waals surface area contributed by atoms with Crippen molar-refractivity contribution in [1.29, 1.82) is 0 Å². The van der Waals surface area contributed by atoms with E-state index < -0.39 is 5.69 Å². The largest absolute Gasteiger partial charge is 0.398 e. The van der Waals surface area contributed by atoms with Crippen LogP contribution in [-0.2, 0) is 6.42 Å². The van der Waals surface area contributed by atoms with Crippen LogP contribution in [0, 0.1) is 6.92 Å². The van der Waals surface area contributed by atoms with Crippen LogP contribution in [0.2, 0.25) is 0 Å². The maximum absolute atomic E-state index is 12.4. The zero-order valence-corrected chi connectivity index (χ0v) is 11.6. The smallest absolute Gasteiger partial charge is 0.333 e. The van der Waals surface area contributed by atoms with Gasteiger partial charge in [-0.3, -0.25) is 4.79 Å². The summed E-state index contributed by atoms with van der Waals surface area (Å²) in [6, 6.07) is 12.8. The van der Waals surface area contributed by atoms with Crippen molar-refractivity contribution in [1.82, 2.24) is 9.55 Å². The van der Waals surface area contributed by atoms with Crippen LogP contribution in [0.25, 0.3) is 11.0 Å². The van der Waals surface area contributed by atoms with Gasteiger partial charge < -0.3 is 10.7 Å². The SMILES string of the molecule is Cc1cc2c(cc1N)[nH]c(=O)n2C(=O)Cc1ccccc1. The van der Waals surface area contributed by atoms with E-state index in [1.54, 1.807) is 12.1 Å². The van der Waals surface area contributed by atoms with Crippen LogP contribution in [-0.4, -0.2) is 15.5 Å². The van der Waals surface area contributed by atoms with Crippen LogP contribution < -0.4 is 11.4 Å². The summed E-state index contributed by atoms with van der Waals surface area (Å²) in [5, 5.41) is 0. The number of H-pyrrole nitrogens is 1. The summed E-state index contributed by atoms with van der Waals surface area (Å²) in [5.41, 5.74) is 8.83. The van der Waals surface area contributed by atoms with Crippen molar-refractivity contribution < 1.29 is 4.79 Å². The Hall–Kier alpha value is -2.82. The molecular formula is C16H15N3O2. The highest BCUT2D eigenvalue weighted by Gasteiger charge is 2.15. The van der Waals surface area contributed by atoms with Gasteiger partial charge in [-0.15, -0.1) is 0 Å². The number of aryl methyl sites for hydroxylation is 1. The molecular weight excluding hydrogens is 266 g/mol. The van der Waals surface area contributed by atoms with Crippen molar-refractivity contribution in [2.75, 3.05) is 5.73 Å². The molecule has 3 rings (SSSR count). The highest BCUT2D eigenvalue weighted by atomic mass is 16.2. The Morgan fingerprint density at radius 1 is 1.24 bits per heavy atom. The van der Waals surface area contributed by atoms with Crippen molar-refractivity contribution in [2.45, 2.75) is 13.3 Å². The third-order valence-electron chi connectivity index (χ3n) is 3.52. The summed E-state index contributed by atoms with van der Waals surface area (Å²) in [6.45, 7) is 1.85. The van der Waals surface area contributed by atoms with Gasteiger partial charge in [0, 0.05) is 5.69 Å². The lowest BCUT2D eigenvalue weighted by Crippen LogP contribution is -2.25. The highest BCUT2D eigenvalue weighted by Crippen LogP contribution is 2.19. The number of nitrogens with zero attached hydrogens (tertiary/aromatic N) is 1. The second kappa shape index (κ2) is 4.94. The molecule has 2 aromatic carbocycles. The van der Waals surface area contributed by atoms with Crippen molar-refractivity contribution in [3.63, 3.8) is 0 Å². The van der Waals surface area contributed by atoms with Gasteiger partial charge in [-0.05, 0) is 30.2 Å². The van der Waals surface area contributed by atoms with Gasteiger partial charge >= 0.3 is 5.69 Å². The predicted octanol–water partition coefficient (Wildman–Crippen LogP) is 2.10. The molecule has 1 aromatic heterocycles. The van der Waals surface area contributed by atoms with Crippen LogP contribution in [0.3, 0.4) is 0 Å². The molecule has 0 spiro atoms. The van der Waals surface area contributed by atoms with Gasteiger partial charge in [0.05, 0.1) is 17.5 Å². The number of nitrogen functional groups attached to an aromatic ring is 1. The van der Waals surface area contributed by atoms with Crippen LogP contribution >= 0.6 is 0 Å². The fraction of sp³-hybridized carbons (Fsp3) is 0.125. The highest BCUT2D eigenvalue weighted by molar-refractivity contribution is 5.92. The number of carbonyl (C=O) groups excluding carboxylic acids is 1.